The molecule has 2 fully saturated rings. The van der Waals surface area contributed by atoms with E-state index in [1.807, 2.05) is 11.8 Å². The lowest BCUT2D eigenvalue weighted by atomic mass is 9.67. The molecule has 3 heterocycles. The Morgan fingerprint density at radius 2 is 2.11 bits per heavy atom. The Bertz CT molecular complexity index is 696. The van der Waals surface area contributed by atoms with Crippen molar-refractivity contribution < 1.29 is 14.3 Å². The van der Waals surface area contributed by atoms with E-state index in [0.717, 1.165) is 43.7 Å². The number of rotatable bonds is 6. The average molecular weight is 390 g/mol. The Morgan fingerprint density at radius 3 is 2.82 bits per heavy atom. The van der Waals surface area contributed by atoms with Crippen molar-refractivity contribution in [2.45, 2.75) is 45.2 Å². The van der Waals surface area contributed by atoms with Gasteiger partial charge in [-0.1, -0.05) is 0 Å². The molecule has 0 radical (unpaired) electrons. The van der Waals surface area contributed by atoms with Crippen molar-refractivity contribution in [3.05, 3.63) is 23.8 Å². The number of aryl methyl sites for hydroxylation is 1. The third-order valence-corrected chi connectivity index (χ3v) is 6.02. The lowest BCUT2D eigenvalue weighted by Gasteiger charge is -2.53. The summed E-state index contributed by atoms with van der Waals surface area (Å²) in [6.07, 6.45) is 6.17. The molecular weight excluding hydrogens is 358 g/mol. The molecule has 28 heavy (non-hydrogen) atoms. The lowest BCUT2D eigenvalue weighted by molar-refractivity contribution is -0.154. The van der Waals surface area contributed by atoms with Crippen LogP contribution >= 0.6 is 0 Å². The van der Waals surface area contributed by atoms with Crippen molar-refractivity contribution >= 4 is 11.8 Å². The van der Waals surface area contributed by atoms with Crippen LogP contribution in [0.4, 0.5) is 0 Å². The molecule has 2 saturated heterocycles. The smallest absolute Gasteiger partial charge is 0.228 e. The monoisotopic (exact) mass is 389 g/mol. The van der Waals surface area contributed by atoms with Crippen LogP contribution in [0.25, 0.3) is 0 Å². The van der Waals surface area contributed by atoms with Gasteiger partial charge in [0, 0.05) is 26.4 Å². The summed E-state index contributed by atoms with van der Waals surface area (Å²) in [5, 5.41) is 3.07. The van der Waals surface area contributed by atoms with Crippen LogP contribution in [-0.2, 0) is 20.9 Å². The molecule has 8 nitrogen and oxygen atoms in total. The minimum Gasteiger partial charge on any atom is -0.384 e. The highest BCUT2D eigenvalue weighted by Crippen LogP contribution is 2.42. The number of likely N-dealkylation sites (N-methyl/N-ethyl adjacent to an activating group) is 1. The molecule has 3 rings (SSSR count). The van der Waals surface area contributed by atoms with E-state index in [1.54, 1.807) is 19.5 Å². The number of likely N-dealkylation sites (tertiary alicyclic amines) is 2. The van der Waals surface area contributed by atoms with Crippen LogP contribution < -0.4 is 5.32 Å². The second-order valence-corrected chi connectivity index (χ2v) is 7.95. The number of nitrogens with zero attached hydrogens (tertiary/aromatic N) is 4. The standard InChI is InChI=1S/C20H31N5O3/c1-15-11-22-16(12-21-15)13-23-19(27)20-6-4-8-25(18(26)5-10-28-3)17(20)14-24(2)9-7-20/h11-12,17H,4-10,13-14H2,1-3H3,(H,23,27)/t17-,20+/m0/s1. The molecule has 2 amide bonds. The first-order chi connectivity index (χ1) is 13.5. The molecule has 0 aliphatic carbocycles. The number of piperidine rings is 2. The number of methoxy groups -OCH3 is 1. The molecule has 0 aromatic carbocycles. The van der Waals surface area contributed by atoms with Crippen molar-refractivity contribution in [1.82, 2.24) is 25.1 Å². The maximum Gasteiger partial charge on any atom is 0.228 e. The first-order valence-corrected chi connectivity index (χ1v) is 9.99. The van der Waals surface area contributed by atoms with E-state index in [-0.39, 0.29) is 17.9 Å². The van der Waals surface area contributed by atoms with Gasteiger partial charge in [-0.05, 0) is 39.8 Å². The molecule has 2 aliphatic rings. The van der Waals surface area contributed by atoms with Gasteiger partial charge in [0.05, 0.1) is 48.6 Å². The average Bonchev–Trinajstić information content (AvgIpc) is 2.70. The summed E-state index contributed by atoms with van der Waals surface area (Å²) >= 11 is 0. The Labute approximate surface area is 166 Å². The Kier molecular flexibility index (Phi) is 6.61. The predicted molar refractivity (Wildman–Crippen MR) is 104 cm³/mol. The van der Waals surface area contributed by atoms with Crippen LogP contribution in [-0.4, -0.2) is 78.0 Å². The molecule has 0 spiro atoms. The fourth-order valence-corrected chi connectivity index (χ4v) is 4.39. The third kappa shape index (κ3) is 4.33. The number of fused-ring (bicyclic) bond motifs is 1. The fourth-order valence-electron chi connectivity index (χ4n) is 4.39. The Morgan fingerprint density at radius 1 is 1.29 bits per heavy atom. The Hall–Kier alpha value is -2.06. The fraction of sp³-hybridized carbons (Fsp3) is 0.700. The van der Waals surface area contributed by atoms with E-state index in [9.17, 15) is 9.59 Å². The van der Waals surface area contributed by atoms with Gasteiger partial charge in [0.25, 0.3) is 0 Å². The molecule has 0 bridgehead atoms. The van der Waals surface area contributed by atoms with Gasteiger partial charge in [0.2, 0.25) is 11.8 Å². The summed E-state index contributed by atoms with van der Waals surface area (Å²) in [5.74, 6) is 0.0978. The van der Waals surface area contributed by atoms with Crippen molar-refractivity contribution in [2.24, 2.45) is 5.41 Å². The van der Waals surface area contributed by atoms with Gasteiger partial charge in [-0.25, -0.2) is 0 Å². The second-order valence-electron chi connectivity index (χ2n) is 7.95. The molecule has 154 valence electrons. The van der Waals surface area contributed by atoms with Crippen LogP contribution in [0.15, 0.2) is 12.4 Å². The van der Waals surface area contributed by atoms with Crippen molar-refractivity contribution in [3.8, 4) is 0 Å². The first kappa shape index (κ1) is 20.7. The summed E-state index contributed by atoms with van der Waals surface area (Å²) in [7, 11) is 3.65. The summed E-state index contributed by atoms with van der Waals surface area (Å²) in [4.78, 5) is 38.8. The predicted octanol–water partition coefficient (Wildman–Crippen LogP) is 0.751. The zero-order valence-corrected chi connectivity index (χ0v) is 17.1. The van der Waals surface area contributed by atoms with E-state index in [1.165, 1.54) is 0 Å². The molecule has 1 aromatic rings. The van der Waals surface area contributed by atoms with Gasteiger partial charge in [-0.15, -0.1) is 0 Å². The molecule has 8 heteroatoms. The summed E-state index contributed by atoms with van der Waals surface area (Å²) in [6.45, 7) is 4.93. The minimum atomic E-state index is -0.536. The highest BCUT2D eigenvalue weighted by Gasteiger charge is 2.53. The topological polar surface area (TPSA) is 87.7 Å². The van der Waals surface area contributed by atoms with Gasteiger partial charge in [0.15, 0.2) is 0 Å². The first-order valence-electron chi connectivity index (χ1n) is 9.99. The van der Waals surface area contributed by atoms with Gasteiger partial charge >= 0.3 is 0 Å². The van der Waals surface area contributed by atoms with Gasteiger partial charge in [-0.3, -0.25) is 19.6 Å². The van der Waals surface area contributed by atoms with E-state index >= 15 is 0 Å². The number of ether oxygens (including phenoxy) is 1. The van der Waals surface area contributed by atoms with Crippen molar-refractivity contribution in [1.29, 1.82) is 0 Å². The lowest BCUT2D eigenvalue weighted by Crippen LogP contribution is -2.66. The number of hydrogen-bond donors (Lipinski definition) is 1. The van der Waals surface area contributed by atoms with Crippen LogP contribution in [0.2, 0.25) is 0 Å². The zero-order valence-electron chi connectivity index (χ0n) is 17.1. The molecule has 0 saturated carbocycles. The van der Waals surface area contributed by atoms with E-state index in [4.69, 9.17) is 4.74 Å². The largest absolute Gasteiger partial charge is 0.384 e. The molecule has 1 aromatic heterocycles. The van der Waals surface area contributed by atoms with Crippen LogP contribution in [0.1, 0.15) is 37.1 Å². The number of hydrogen-bond acceptors (Lipinski definition) is 6. The number of aromatic nitrogens is 2. The normalized spacial score (nSPS) is 25.2. The summed E-state index contributed by atoms with van der Waals surface area (Å²) in [6, 6.07) is -0.103. The van der Waals surface area contributed by atoms with Gasteiger partial charge in [0.1, 0.15) is 0 Å². The number of nitrogens with one attached hydrogen (secondary N) is 1. The SMILES string of the molecule is COCCC(=O)N1CCC[C@@]2(C(=O)NCc3cnc(C)cn3)CCN(C)C[C@H]12. The zero-order chi connectivity index (χ0) is 20.1. The Balaban J connectivity index is 1.75. The van der Waals surface area contributed by atoms with Crippen molar-refractivity contribution in [3.63, 3.8) is 0 Å². The molecule has 2 aliphatic heterocycles. The highest BCUT2D eigenvalue weighted by molar-refractivity contribution is 5.85. The number of carbonyl (C=O) groups excluding carboxylic acids is 2. The van der Waals surface area contributed by atoms with Crippen LogP contribution in [0.5, 0.6) is 0 Å². The van der Waals surface area contributed by atoms with E-state index < -0.39 is 5.41 Å². The summed E-state index contributed by atoms with van der Waals surface area (Å²) in [5.41, 5.74) is 1.05. The quantitative estimate of drug-likeness (QED) is 0.773. The van der Waals surface area contributed by atoms with Gasteiger partial charge in [-0.2, -0.15) is 0 Å². The number of amides is 2. The van der Waals surface area contributed by atoms with Crippen LogP contribution in [0, 0.1) is 12.3 Å². The maximum atomic E-state index is 13.3. The van der Waals surface area contributed by atoms with Gasteiger partial charge < -0.3 is 19.9 Å². The van der Waals surface area contributed by atoms with Crippen LogP contribution in [0.3, 0.4) is 0 Å². The minimum absolute atomic E-state index is 0.0252. The number of carbonyl (C=O) groups is 2. The van der Waals surface area contributed by atoms with Crippen molar-refractivity contribution in [2.75, 3.05) is 40.4 Å². The van der Waals surface area contributed by atoms with E-state index in [0.29, 0.717) is 26.1 Å². The molecular formula is C20H31N5O3. The second kappa shape index (κ2) is 8.96. The highest BCUT2D eigenvalue weighted by atomic mass is 16.5. The molecule has 2 atom stereocenters. The molecule has 1 N–H and O–H groups in total. The van der Waals surface area contributed by atoms with E-state index in [2.05, 4.69) is 27.2 Å². The summed E-state index contributed by atoms with van der Waals surface area (Å²) < 4.78 is 5.08. The molecule has 0 unspecified atom stereocenters. The third-order valence-electron chi connectivity index (χ3n) is 6.02. The maximum absolute atomic E-state index is 13.3.